The van der Waals surface area contributed by atoms with Crippen molar-refractivity contribution in [2.75, 3.05) is 13.1 Å². The molecule has 0 aromatic carbocycles. The third kappa shape index (κ3) is 0.617. The first-order valence-corrected chi connectivity index (χ1v) is 2.11. The van der Waals surface area contributed by atoms with Gasteiger partial charge >= 0.3 is 0 Å². The molecule has 44 valence electrons. The summed E-state index contributed by atoms with van der Waals surface area (Å²) in [6.45, 7) is -0.0417. The van der Waals surface area contributed by atoms with Gasteiger partial charge in [0.05, 0.1) is 0 Å². The van der Waals surface area contributed by atoms with Crippen LogP contribution in [0.15, 0.2) is 0 Å². The first kappa shape index (κ1) is 5.02. The minimum Gasteiger partial charge on any atom is -0.295 e. The molecule has 0 radical (unpaired) electrons. The van der Waals surface area contributed by atoms with Crippen LogP contribution in [0.1, 0.15) is 0 Å². The third-order valence-electron chi connectivity index (χ3n) is 0.949. The molecular weight excluding hydrogens is 112 g/mol. The fourth-order valence-corrected chi connectivity index (χ4v) is 0.476. The van der Waals surface area contributed by atoms with Crippen LogP contribution < -0.4 is 0 Å². The first-order valence-electron chi connectivity index (χ1n) is 2.11. The van der Waals surface area contributed by atoms with E-state index in [4.69, 9.17) is 0 Å². The summed E-state index contributed by atoms with van der Waals surface area (Å²) in [6.07, 6.45) is 0. The van der Waals surface area contributed by atoms with E-state index in [1.807, 2.05) is 0 Å². The Morgan fingerprint density at radius 2 is 2.12 bits per heavy atom. The molecule has 0 N–H and O–H groups in total. The molecule has 0 spiro atoms. The molecular formula is C3H4N2O3. The summed E-state index contributed by atoms with van der Waals surface area (Å²) >= 11 is 0. The number of Topliss-reactive ketones (excluding diaryl/α,β-unsaturated/α-hetero) is 1. The third-order valence-corrected chi connectivity index (χ3v) is 0.949. The van der Waals surface area contributed by atoms with Gasteiger partial charge in [-0.15, -0.1) is 5.01 Å². The molecule has 0 saturated carbocycles. The lowest BCUT2D eigenvalue weighted by Crippen LogP contribution is -2.50. The summed E-state index contributed by atoms with van der Waals surface area (Å²) in [5.74, 6) is -0.0679. The molecule has 0 aromatic rings. The van der Waals surface area contributed by atoms with Gasteiger partial charge in [-0.3, -0.25) is 4.79 Å². The molecule has 5 heteroatoms. The molecule has 1 rings (SSSR count). The standard InChI is InChI=1S/C3H4N2O3/c6-3-1-4(2-3)5(7)8/h1-2H2. The van der Waals surface area contributed by atoms with E-state index in [1.54, 1.807) is 0 Å². The van der Waals surface area contributed by atoms with Crippen molar-refractivity contribution >= 4 is 5.78 Å². The zero-order valence-electron chi connectivity index (χ0n) is 4.03. The summed E-state index contributed by atoms with van der Waals surface area (Å²) < 4.78 is 0. The number of nitro groups is 1. The highest BCUT2D eigenvalue weighted by Crippen LogP contribution is 1.99. The van der Waals surface area contributed by atoms with E-state index in [2.05, 4.69) is 0 Å². The van der Waals surface area contributed by atoms with Gasteiger partial charge in [0.2, 0.25) is 0 Å². The quantitative estimate of drug-likeness (QED) is 0.327. The van der Waals surface area contributed by atoms with Crippen LogP contribution in [-0.2, 0) is 4.79 Å². The molecule has 0 atom stereocenters. The molecule has 0 aliphatic carbocycles. The molecule has 1 aliphatic heterocycles. The Morgan fingerprint density at radius 3 is 2.25 bits per heavy atom. The van der Waals surface area contributed by atoms with Gasteiger partial charge in [-0.25, -0.2) is 10.1 Å². The number of hydrazine groups is 1. The predicted molar refractivity (Wildman–Crippen MR) is 23.6 cm³/mol. The van der Waals surface area contributed by atoms with Crippen LogP contribution in [-0.4, -0.2) is 28.9 Å². The second-order valence-electron chi connectivity index (χ2n) is 1.60. The molecule has 0 amide bonds. The Morgan fingerprint density at radius 1 is 1.62 bits per heavy atom. The Hall–Kier alpha value is -1.13. The van der Waals surface area contributed by atoms with Gasteiger partial charge in [0.15, 0.2) is 10.8 Å². The average molecular weight is 116 g/mol. The van der Waals surface area contributed by atoms with Crippen molar-refractivity contribution in [3.63, 3.8) is 0 Å². The van der Waals surface area contributed by atoms with E-state index < -0.39 is 5.03 Å². The van der Waals surface area contributed by atoms with Crippen molar-refractivity contribution in [2.24, 2.45) is 0 Å². The number of hydrogen-bond acceptors (Lipinski definition) is 3. The van der Waals surface area contributed by atoms with Crippen LogP contribution in [0.4, 0.5) is 0 Å². The Bertz CT molecular complexity index is 135. The molecule has 0 unspecified atom stereocenters. The fraction of sp³-hybridized carbons (Fsp3) is 0.667. The Kier molecular flexibility index (Phi) is 0.896. The lowest BCUT2D eigenvalue weighted by Gasteiger charge is -2.19. The summed E-state index contributed by atoms with van der Waals surface area (Å²) in [5, 5.41) is 10.0. The number of carbonyl (C=O) groups is 1. The first-order chi connectivity index (χ1) is 3.70. The van der Waals surface area contributed by atoms with Crippen molar-refractivity contribution in [1.29, 1.82) is 0 Å². The molecule has 0 aromatic heterocycles. The van der Waals surface area contributed by atoms with E-state index in [1.165, 1.54) is 0 Å². The molecule has 0 bridgehead atoms. The summed E-state index contributed by atoms with van der Waals surface area (Å²) in [4.78, 5) is 19.8. The second-order valence-corrected chi connectivity index (χ2v) is 1.60. The van der Waals surface area contributed by atoms with E-state index in [0.29, 0.717) is 0 Å². The van der Waals surface area contributed by atoms with Crippen LogP contribution >= 0.6 is 0 Å². The molecule has 1 saturated heterocycles. The van der Waals surface area contributed by atoms with Crippen LogP contribution in [0.3, 0.4) is 0 Å². The Labute approximate surface area is 45.0 Å². The van der Waals surface area contributed by atoms with E-state index in [9.17, 15) is 14.9 Å². The fourth-order valence-electron chi connectivity index (χ4n) is 0.476. The van der Waals surface area contributed by atoms with E-state index in [0.717, 1.165) is 5.01 Å². The summed E-state index contributed by atoms with van der Waals surface area (Å²) in [7, 11) is 0. The lowest BCUT2D eigenvalue weighted by molar-refractivity contribution is -0.658. The van der Waals surface area contributed by atoms with Gasteiger partial charge in [0.25, 0.3) is 0 Å². The average Bonchev–Trinajstić information content (AvgIpc) is 1.57. The molecule has 1 heterocycles. The molecule has 1 fully saturated rings. The largest absolute Gasteiger partial charge is 0.295 e. The lowest BCUT2D eigenvalue weighted by atomic mass is 10.2. The zero-order valence-corrected chi connectivity index (χ0v) is 4.03. The van der Waals surface area contributed by atoms with Gasteiger partial charge in [0, 0.05) is 0 Å². The second kappa shape index (κ2) is 1.43. The number of ketones is 1. The van der Waals surface area contributed by atoms with Gasteiger partial charge in [0.1, 0.15) is 13.1 Å². The van der Waals surface area contributed by atoms with Crippen molar-refractivity contribution < 1.29 is 9.83 Å². The number of hydrogen-bond donors (Lipinski definition) is 0. The number of nitrogens with zero attached hydrogens (tertiary/aromatic N) is 2. The van der Waals surface area contributed by atoms with E-state index >= 15 is 0 Å². The van der Waals surface area contributed by atoms with Crippen molar-refractivity contribution in [3.05, 3.63) is 10.1 Å². The van der Waals surface area contributed by atoms with Crippen LogP contribution in [0.25, 0.3) is 0 Å². The van der Waals surface area contributed by atoms with Gasteiger partial charge in [-0.1, -0.05) is 0 Å². The van der Waals surface area contributed by atoms with Crippen molar-refractivity contribution in [2.45, 2.75) is 0 Å². The maximum atomic E-state index is 10.1. The predicted octanol–water partition coefficient (Wildman–Crippen LogP) is -0.937. The summed E-state index contributed by atoms with van der Waals surface area (Å²) in [6, 6.07) is 0. The Balaban J connectivity index is 2.35. The SMILES string of the molecule is O=C1CN([N+](=O)[O-])C1. The summed E-state index contributed by atoms with van der Waals surface area (Å²) in [5.41, 5.74) is 0. The molecule has 1 aliphatic rings. The van der Waals surface area contributed by atoms with Crippen LogP contribution in [0, 0.1) is 10.1 Å². The van der Waals surface area contributed by atoms with Gasteiger partial charge in [-0.05, 0) is 0 Å². The van der Waals surface area contributed by atoms with Crippen LogP contribution in [0.5, 0.6) is 0 Å². The minimum atomic E-state index is -0.568. The topological polar surface area (TPSA) is 63.5 Å². The zero-order chi connectivity index (χ0) is 6.15. The van der Waals surface area contributed by atoms with Crippen molar-refractivity contribution in [1.82, 2.24) is 5.01 Å². The minimum absolute atomic E-state index is 0.0208. The van der Waals surface area contributed by atoms with Crippen LogP contribution in [0.2, 0.25) is 0 Å². The van der Waals surface area contributed by atoms with Gasteiger partial charge < -0.3 is 0 Å². The molecule has 5 nitrogen and oxygen atoms in total. The smallest absolute Gasteiger partial charge is 0.183 e. The number of carbonyl (C=O) groups excluding carboxylic acids is 1. The molecule has 8 heavy (non-hydrogen) atoms. The highest BCUT2D eigenvalue weighted by atomic mass is 16.7. The van der Waals surface area contributed by atoms with Crippen molar-refractivity contribution in [3.8, 4) is 0 Å². The number of rotatable bonds is 1. The maximum absolute atomic E-state index is 10.1. The normalized spacial score (nSPS) is 18.0. The highest BCUT2D eigenvalue weighted by Gasteiger charge is 2.31. The van der Waals surface area contributed by atoms with Gasteiger partial charge in [-0.2, -0.15) is 0 Å². The maximum Gasteiger partial charge on any atom is 0.183 e. The highest BCUT2D eigenvalue weighted by molar-refractivity contribution is 5.87. The van der Waals surface area contributed by atoms with E-state index in [-0.39, 0.29) is 18.9 Å². The monoisotopic (exact) mass is 116 g/mol.